The molecule has 0 N–H and O–H groups in total. The third-order valence-electron chi connectivity index (χ3n) is 6.39. The molecule has 0 spiro atoms. The van der Waals surface area contributed by atoms with E-state index in [4.69, 9.17) is 14.6 Å². The van der Waals surface area contributed by atoms with Gasteiger partial charge >= 0.3 is 5.97 Å². The highest BCUT2D eigenvalue weighted by molar-refractivity contribution is 6.39. The van der Waals surface area contributed by atoms with Gasteiger partial charge in [-0.25, -0.2) is 4.79 Å². The Hall–Kier alpha value is -1.88. The lowest BCUT2D eigenvalue weighted by Gasteiger charge is -2.40. The number of esters is 1. The van der Waals surface area contributed by atoms with Gasteiger partial charge in [-0.3, -0.25) is 5.01 Å². The second-order valence-electron chi connectivity index (χ2n) is 7.69. The van der Waals surface area contributed by atoms with E-state index in [1.165, 1.54) is 5.56 Å². The predicted octanol–water partition coefficient (Wildman–Crippen LogP) is 3.82. The molecule has 0 bridgehead atoms. The van der Waals surface area contributed by atoms with Crippen LogP contribution in [0, 0.1) is 5.92 Å². The van der Waals surface area contributed by atoms with Crippen molar-refractivity contribution in [2.45, 2.75) is 70.6 Å². The lowest BCUT2D eigenvalue weighted by atomic mass is 9.87. The second kappa shape index (κ2) is 8.42. The first-order valence-electron chi connectivity index (χ1n) is 10.2. The summed E-state index contributed by atoms with van der Waals surface area (Å²) in [5, 5.41) is 6.97. The minimum atomic E-state index is -0.273. The van der Waals surface area contributed by atoms with Crippen LogP contribution in [0.2, 0.25) is 0 Å². The smallest absolute Gasteiger partial charge is 0.355 e. The summed E-state index contributed by atoms with van der Waals surface area (Å²) in [6.07, 6.45) is 4.59. The van der Waals surface area contributed by atoms with Crippen LogP contribution < -0.4 is 0 Å². The third kappa shape index (κ3) is 3.88. The maximum absolute atomic E-state index is 12.5. The molecule has 0 saturated carbocycles. The summed E-state index contributed by atoms with van der Waals surface area (Å²) in [6.45, 7) is 7.16. The van der Waals surface area contributed by atoms with Crippen LogP contribution in [0.5, 0.6) is 0 Å². The Morgan fingerprint density at radius 2 is 1.96 bits per heavy atom. The van der Waals surface area contributed by atoms with E-state index in [1.54, 1.807) is 7.11 Å². The molecular weight excluding hydrogens is 340 g/mol. The fraction of sp³-hybridized carbons (Fsp3) is 0.636. The van der Waals surface area contributed by atoms with Crippen molar-refractivity contribution < 1.29 is 14.3 Å². The van der Waals surface area contributed by atoms with Crippen LogP contribution in [0.1, 0.15) is 52.0 Å². The molecule has 1 aromatic carbocycles. The second-order valence-corrected chi connectivity index (χ2v) is 7.69. The van der Waals surface area contributed by atoms with Crippen molar-refractivity contribution in [2.75, 3.05) is 13.7 Å². The number of hydrazone groups is 1. The first-order valence-corrected chi connectivity index (χ1v) is 10.2. The molecule has 1 aromatic rings. The number of hydrogen-bond donors (Lipinski definition) is 0. The molecule has 3 rings (SSSR count). The number of hydrogen-bond acceptors (Lipinski definition) is 5. The summed E-state index contributed by atoms with van der Waals surface area (Å²) in [5.74, 6) is -0.286. The maximum Gasteiger partial charge on any atom is 0.355 e. The molecule has 148 valence electrons. The van der Waals surface area contributed by atoms with E-state index < -0.39 is 0 Å². The van der Waals surface area contributed by atoms with E-state index in [0.29, 0.717) is 5.71 Å². The summed E-state index contributed by atoms with van der Waals surface area (Å²) in [7, 11) is 1.79. The highest BCUT2D eigenvalue weighted by Gasteiger charge is 2.44. The summed E-state index contributed by atoms with van der Waals surface area (Å²) in [5.41, 5.74) is 1.55. The third-order valence-corrected chi connectivity index (χ3v) is 6.39. The van der Waals surface area contributed by atoms with Crippen molar-refractivity contribution >= 4 is 11.7 Å². The van der Waals surface area contributed by atoms with Crippen LogP contribution >= 0.6 is 0 Å². The zero-order valence-corrected chi connectivity index (χ0v) is 17.0. The van der Waals surface area contributed by atoms with E-state index in [2.05, 4.69) is 31.0 Å². The minimum Gasteiger partial charge on any atom is -0.457 e. The van der Waals surface area contributed by atoms with Gasteiger partial charge in [-0.05, 0) is 44.6 Å². The van der Waals surface area contributed by atoms with E-state index >= 15 is 0 Å². The Morgan fingerprint density at radius 3 is 2.59 bits per heavy atom. The largest absolute Gasteiger partial charge is 0.457 e. The van der Waals surface area contributed by atoms with Gasteiger partial charge in [0.1, 0.15) is 6.10 Å². The number of ether oxygens (including phenoxy) is 2. The topological polar surface area (TPSA) is 51.1 Å². The lowest BCUT2D eigenvalue weighted by Crippen LogP contribution is -2.49. The van der Waals surface area contributed by atoms with Gasteiger partial charge in [0.2, 0.25) is 0 Å². The van der Waals surface area contributed by atoms with Gasteiger partial charge < -0.3 is 9.47 Å². The molecular formula is C22H32N2O3. The molecule has 2 saturated heterocycles. The summed E-state index contributed by atoms with van der Waals surface area (Å²) in [4.78, 5) is 12.5. The van der Waals surface area contributed by atoms with Crippen molar-refractivity contribution in [1.82, 2.24) is 5.01 Å². The molecule has 2 aliphatic heterocycles. The predicted molar refractivity (Wildman–Crippen MR) is 107 cm³/mol. The molecule has 0 aromatic heterocycles. The highest BCUT2D eigenvalue weighted by Crippen LogP contribution is 2.36. The monoisotopic (exact) mass is 372 g/mol. The van der Waals surface area contributed by atoms with Crippen LogP contribution in [0.4, 0.5) is 0 Å². The highest BCUT2D eigenvalue weighted by atomic mass is 16.6. The van der Waals surface area contributed by atoms with E-state index in [1.807, 2.05) is 25.1 Å². The maximum atomic E-state index is 12.5. The van der Waals surface area contributed by atoms with Gasteiger partial charge in [0.05, 0.1) is 17.6 Å². The fourth-order valence-corrected chi connectivity index (χ4v) is 4.62. The molecule has 2 heterocycles. The number of carbonyl (C=O) groups excluding carboxylic acids is 1. The van der Waals surface area contributed by atoms with Crippen molar-refractivity contribution in [2.24, 2.45) is 11.0 Å². The van der Waals surface area contributed by atoms with Crippen LogP contribution in [0.15, 0.2) is 35.4 Å². The summed E-state index contributed by atoms with van der Waals surface area (Å²) >= 11 is 0. The SMILES string of the molecule is CCC(CC)(OC)[C@@H]1CCCN1/N=C1/C(=O)O[C@H](C)[C@H]1Cc1ccccc1. The van der Waals surface area contributed by atoms with Gasteiger partial charge in [0.15, 0.2) is 5.71 Å². The Labute approximate surface area is 162 Å². The van der Waals surface area contributed by atoms with Gasteiger partial charge in [0.25, 0.3) is 0 Å². The van der Waals surface area contributed by atoms with Crippen molar-refractivity contribution in [3.63, 3.8) is 0 Å². The number of benzene rings is 1. The van der Waals surface area contributed by atoms with E-state index in [0.717, 1.165) is 38.6 Å². The van der Waals surface area contributed by atoms with Crippen LogP contribution in [-0.4, -0.2) is 48.1 Å². The summed E-state index contributed by atoms with van der Waals surface area (Å²) < 4.78 is 11.5. The van der Waals surface area contributed by atoms with E-state index in [-0.39, 0.29) is 29.6 Å². The minimum absolute atomic E-state index is 0.0126. The average molecular weight is 373 g/mol. The van der Waals surface area contributed by atoms with Crippen LogP contribution in [-0.2, 0) is 20.7 Å². The molecule has 3 atom stereocenters. The number of carbonyl (C=O) groups is 1. The zero-order valence-electron chi connectivity index (χ0n) is 17.0. The van der Waals surface area contributed by atoms with Gasteiger partial charge in [-0.2, -0.15) is 5.10 Å². The molecule has 27 heavy (non-hydrogen) atoms. The number of cyclic esters (lactones) is 1. The molecule has 5 heteroatoms. The first-order chi connectivity index (χ1) is 13.0. The van der Waals surface area contributed by atoms with Gasteiger partial charge in [0, 0.05) is 13.7 Å². The number of nitrogens with zero attached hydrogens (tertiary/aromatic N) is 2. The standard InChI is InChI=1S/C22H32N2O3/c1-5-22(6-2,26-4)19-13-10-14-24(19)23-20-18(16(3)27-21(20)25)15-17-11-8-7-9-12-17/h7-9,11-12,16,18-19H,5-6,10,13-15H2,1-4H3/b23-20+/t16-,18-,19+/m1/s1. The molecule has 2 fully saturated rings. The molecule has 5 nitrogen and oxygen atoms in total. The Balaban J connectivity index is 1.87. The molecule has 0 unspecified atom stereocenters. The van der Waals surface area contributed by atoms with Crippen molar-refractivity contribution in [1.29, 1.82) is 0 Å². The lowest BCUT2D eigenvalue weighted by molar-refractivity contribution is -0.136. The van der Waals surface area contributed by atoms with Gasteiger partial charge in [-0.15, -0.1) is 0 Å². The molecule has 0 amide bonds. The van der Waals surface area contributed by atoms with Crippen molar-refractivity contribution in [3.8, 4) is 0 Å². The first kappa shape index (κ1) is 19.9. The Morgan fingerprint density at radius 1 is 1.26 bits per heavy atom. The number of methoxy groups -OCH3 is 1. The van der Waals surface area contributed by atoms with Gasteiger partial charge in [-0.1, -0.05) is 44.2 Å². The zero-order chi connectivity index (χ0) is 19.4. The molecule has 0 radical (unpaired) electrons. The van der Waals surface area contributed by atoms with E-state index in [9.17, 15) is 4.79 Å². The fourth-order valence-electron chi connectivity index (χ4n) is 4.62. The van der Waals surface area contributed by atoms with Crippen LogP contribution in [0.25, 0.3) is 0 Å². The van der Waals surface area contributed by atoms with Crippen molar-refractivity contribution in [3.05, 3.63) is 35.9 Å². The van der Waals surface area contributed by atoms with Crippen LogP contribution in [0.3, 0.4) is 0 Å². The molecule has 0 aliphatic carbocycles. The summed E-state index contributed by atoms with van der Waals surface area (Å²) in [6, 6.07) is 10.4. The number of rotatable bonds is 7. The quantitative estimate of drug-likeness (QED) is 0.683. The Bertz CT molecular complexity index is 661. The average Bonchev–Trinajstić information content (AvgIpc) is 3.25. The normalized spacial score (nSPS) is 27.4. The Kier molecular flexibility index (Phi) is 6.20. The molecule has 2 aliphatic rings.